The third kappa shape index (κ3) is 6.32. The molecule has 0 spiro atoms. The summed E-state index contributed by atoms with van der Waals surface area (Å²) in [5.41, 5.74) is 1.31. The number of anilines is 2. The molecular weight excluding hydrogens is 481 g/mol. The Bertz CT molecular complexity index is 1080. The van der Waals surface area contributed by atoms with E-state index in [0.29, 0.717) is 16.8 Å². The summed E-state index contributed by atoms with van der Waals surface area (Å²) in [5.74, 6) is 1.88. The van der Waals surface area contributed by atoms with Crippen LogP contribution < -0.4 is 9.80 Å². The Morgan fingerprint density at radius 2 is 1.97 bits per heavy atom. The summed E-state index contributed by atoms with van der Waals surface area (Å²) in [6.45, 7) is 2.25. The van der Waals surface area contributed by atoms with E-state index in [-0.39, 0.29) is 13.2 Å². The third-order valence-electron chi connectivity index (χ3n) is 5.36. The summed E-state index contributed by atoms with van der Waals surface area (Å²) < 4.78 is 34.0. The molecule has 0 bridgehead atoms. The van der Waals surface area contributed by atoms with E-state index in [4.69, 9.17) is 9.47 Å². The van der Waals surface area contributed by atoms with Crippen LogP contribution in [0.25, 0.3) is 11.1 Å². The molecule has 2 saturated heterocycles. The van der Waals surface area contributed by atoms with Crippen molar-refractivity contribution in [3.05, 3.63) is 42.3 Å². The molecule has 0 N–H and O–H groups in total. The maximum absolute atomic E-state index is 15.0. The van der Waals surface area contributed by atoms with Crippen LogP contribution in [-0.2, 0) is 23.7 Å². The second-order valence-corrected chi connectivity index (χ2v) is 8.97. The second kappa shape index (κ2) is 11.3. The van der Waals surface area contributed by atoms with Crippen molar-refractivity contribution in [3.63, 3.8) is 0 Å². The molecule has 0 saturated carbocycles. The molecule has 35 heavy (non-hydrogen) atoms. The van der Waals surface area contributed by atoms with Gasteiger partial charge in [0.1, 0.15) is 18.2 Å². The highest BCUT2D eigenvalue weighted by Crippen LogP contribution is 2.30. The number of nitrogens with zero attached hydrogens (tertiary/aromatic N) is 3. The minimum atomic E-state index is -1.07. The van der Waals surface area contributed by atoms with Gasteiger partial charge in [-0.05, 0) is 30.3 Å². The number of esters is 1. The van der Waals surface area contributed by atoms with Crippen molar-refractivity contribution in [1.29, 1.82) is 0 Å². The van der Waals surface area contributed by atoms with Gasteiger partial charge in [-0.1, -0.05) is 0 Å². The zero-order valence-electron chi connectivity index (χ0n) is 19.0. The number of hydrogen-bond donors (Lipinski definition) is 0. The van der Waals surface area contributed by atoms with Crippen LogP contribution in [0.5, 0.6) is 0 Å². The van der Waals surface area contributed by atoms with Crippen molar-refractivity contribution in [2.24, 2.45) is 0 Å². The molecule has 1 atom stereocenters. The molecule has 0 aliphatic carbocycles. The third-order valence-corrected chi connectivity index (χ3v) is 6.30. The van der Waals surface area contributed by atoms with Gasteiger partial charge in [0, 0.05) is 48.8 Å². The van der Waals surface area contributed by atoms with Crippen LogP contribution in [-0.4, -0.2) is 73.8 Å². The van der Waals surface area contributed by atoms with Gasteiger partial charge in [0.05, 0.1) is 12.2 Å². The van der Waals surface area contributed by atoms with Crippen LogP contribution in [0.15, 0.2) is 36.5 Å². The molecule has 4 rings (SSSR count). The average Bonchev–Trinajstić information content (AvgIpc) is 3.23. The van der Waals surface area contributed by atoms with Crippen LogP contribution in [0.3, 0.4) is 0 Å². The number of thioether (sulfide) groups is 1. The Hall–Kier alpha value is -3.54. The molecule has 1 unspecified atom stereocenters. The molecule has 0 radical (unpaired) electrons. The number of cyclic esters (lactones) is 1. The smallest absolute Gasteiger partial charge is 0.440 e. The largest absolute Gasteiger partial charge is 0.511 e. The average molecular weight is 506 g/mol. The topological polar surface area (TPSA) is 107 Å². The highest BCUT2D eigenvalue weighted by Gasteiger charge is 2.34. The minimum absolute atomic E-state index is 0.0548. The summed E-state index contributed by atoms with van der Waals surface area (Å²) >= 11 is 1.92. The lowest BCUT2D eigenvalue weighted by Gasteiger charge is -2.27. The monoisotopic (exact) mass is 505 g/mol. The van der Waals surface area contributed by atoms with Gasteiger partial charge in [-0.15, -0.1) is 0 Å². The molecule has 2 aliphatic heterocycles. The van der Waals surface area contributed by atoms with E-state index in [0.717, 1.165) is 30.4 Å². The van der Waals surface area contributed by atoms with E-state index in [9.17, 15) is 18.8 Å². The van der Waals surface area contributed by atoms with E-state index in [2.05, 4.69) is 19.4 Å². The molecule has 1 aromatic carbocycles. The minimum Gasteiger partial charge on any atom is -0.440 e. The molecule has 2 aromatic rings. The van der Waals surface area contributed by atoms with Gasteiger partial charge in [-0.3, -0.25) is 9.69 Å². The molecule has 1 amide bonds. The lowest BCUT2D eigenvalue weighted by Crippen LogP contribution is -2.32. The van der Waals surface area contributed by atoms with Crippen molar-refractivity contribution >= 4 is 41.5 Å². The first-order chi connectivity index (χ1) is 16.9. The van der Waals surface area contributed by atoms with Gasteiger partial charge < -0.3 is 23.8 Å². The number of ether oxygens (including phenoxy) is 4. The Kier molecular flexibility index (Phi) is 7.91. The number of aromatic nitrogens is 1. The van der Waals surface area contributed by atoms with E-state index < -0.39 is 36.9 Å². The van der Waals surface area contributed by atoms with E-state index >= 15 is 0 Å². The Morgan fingerprint density at radius 3 is 2.66 bits per heavy atom. The summed E-state index contributed by atoms with van der Waals surface area (Å²) in [6, 6.07) is 8.18. The van der Waals surface area contributed by atoms with Gasteiger partial charge in [-0.25, -0.2) is 19.0 Å². The number of benzene rings is 1. The number of amides is 1. The molecule has 10 nitrogen and oxygen atoms in total. The Balaban J connectivity index is 1.34. The zero-order valence-corrected chi connectivity index (χ0v) is 19.8. The summed E-state index contributed by atoms with van der Waals surface area (Å²) in [4.78, 5) is 42.4. The fourth-order valence-electron chi connectivity index (χ4n) is 3.61. The molecular formula is C23H24FN3O7S. The summed E-state index contributed by atoms with van der Waals surface area (Å²) in [5, 5.41) is 0. The molecule has 186 valence electrons. The zero-order chi connectivity index (χ0) is 24.8. The van der Waals surface area contributed by atoms with Crippen LogP contribution in [0.4, 0.5) is 25.5 Å². The fourth-order valence-corrected chi connectivity index (χ4v) is 4.52. The van der Waals surface area contributed by atoms with Crippen LogP contribution in [0.2, 0.25) is 0 Å². The summed E-state index contributed by atoms with van der Waals surface area (Å²) in [6.07, 6.45) is -0.885. The van der Waals surface area contributed by atoms with Crippen LogP contribution >= 0.6 is 11.8 Å². The van der Waals surface area contributed by atoms with Gasteiger partial charge in [0.15, 0.2) is 6.10 Å². The Labute approximate surface area is 205 Å². The summed E-state index contributed by atoms with van der Waals surface area (Å²) in [7, 11) is 0. The number of carbonyl (C=O) groups is 3. The van der Waals surface area contributed by atoms with E-state index in [1.165, 1.54) is 17.9 Å². The van der Waals surface area contributed by atoms with Crippen molar-refractivity contribution in [2.45, 2.75) is 13.0 Å². The number of hydrogen-bond acceptors (Lipinski definition) is 10. The predicted octanol–water partition coefficient (Wildman–Crippen LogP) is 3.44. The number of rotatable bonds is 7. The lowest BCUT2D eigenvalue weighted by molar-refractivity contribution is -0.150. The molecule has 3 heterocycles. The lowest BCUT2D eigenvalue weighted by atomic mass is 10.1. The highest BCUT2D eigenvalue weighted by atomic mass is 32.2. The predicted molar refractivity (Wildman–Crippen MR) is 126 cm³/mol. The number of carbonyl (C=O) groups excluding carboxylic acids is 3. The number of pyridine rings is 1. The first-order valence-corrected chi connectivity index (χ1v) is 12.1. The first kappa shape index (κ1) is 24.6. The Morgan fingerprint density at radius 1 is 1.17 bits per heavy atom. The van der Waals surface area contributed by atoms with Crippen LogP contribution in [0, 0.1) is 5.82 Å². The van der Waals surface area contributed by atoms with E-state index in [1.807, 2.05) is 23.9 Å². The standard InChI is InChI=1S/C23H24FN3O7S/c1-15(28)32-14-33-23(30)31-13-18-12-27(22(29)34-18)17-3-4-19(20(24)10-17)16-2-5-21(25-11-16)26-6-8-35-9-7-26/h2-5,10-11,18H,6-9,12-14H2,1H3. The molecule has 1 aromatic heterocycles. The quantitative estimate of drug-likeness (QED) is 0.315. The van der Waals surface area contributed by atoms with Gasteiger partial charge >= 0.3 is 18.2 Å². The van der Waals surface area contributed by atoms with Crippen LogP contribution in [0.1, 0.15) is 6.92 Å². The number of halogens is 1. The van der Waals surface area contributed by atoms with Gasteiger partial charge in [-0.2, -0.15) is 11.8 Å². The second-order valence-electron chi connectivity index (χ2n) is 7.74. The van der Waals surface area contributed by atoms with Gasteiger partial charge in [0.2, 0.25) is 6.79 Å². The maximum Gasteiger partial charge on any atom is 0.511 e. The van der Waals surface area contributed by atoms with Gasteiger partial charge in [0.25, 0.3) is 0 Å². The molecule has 12 heteroatoms. The highest BCUT2D eigenvalue weighted by molar-refractivity contribution is 7.99. The normalized spacial score (nSPS) is 17.7. The van der Waals surface area contributed by atoms with Crippen molar-refractivity contribution < 1.29 is 37.7 Å². The fraction of sp³-hybridized carbons (Fsp3) is 0.391. The van der Waals surface area contributed by atoms with Crippen molar-refractivity contribution in [1.82, 2.24) is 4.98 Å². The molecule has 2 fully saturated rings. The SMILES string of the molecule is CC(=O)OCOC(=O)OCC1CN(c2ccc(-c3ccc(N4CCSCC4)nc3)c(F)c2)C(=O)O1. The molecule has 2 aliphatic rings. The van der Waals surface area contributed by atoms with Crippen molar-refractivity contribution in [3.8, 4) is 11.1 Å². The maximum atomic E-state index is 15.0. The van der Waals surface area contributed by atoms with E-state index in [1.54, 1.807) is 18.3 Å². The van der Waals surface area contributed by atoms with Crippen molar-refractivity contribution in [2.75, 3.05) is 54.3 Å². The first-order valence-electron chi connectivity index (χ1n) is 10.9.